The van der Waals surface area contributed by atoms with Crippen LogP contribution >= 0.6 is 11.6 Å². The number of aryl methyl sites for hydroxylation is 1. The van der Waals surface area contributed by atoms with Gasteiger partial charge in [-0.05, 0) is 30.7 Å². The van der Waals surface area contributed by atoms with E-state index >= 15 is 0 Å². The summed E-state index contributed by atoms with van der Waals surface area (Å²) in [5.41, 5.74) is 1.73. The number of rotatable bonds is 4. The minimum atomic E-state index is -0.0807. The number of benzene rings is 1. The van der Waals surface area contributed by atoms with Crippen LogP contribution < -0.4 is 10.9 Å². The number of hydrogen-bond donors (Lipinski definition) is 1. The summed E-state index contributed by atoms with van der Waals surface area (Å²) in [6.07, 6.45) is 1.68. The van der Waals surface area contributed by atoms with Gasteiger partial charge in [-0.15, -0.1) is 0 Å². The lowest BCUT2D eigenvalue weighted by molar-refractivity contribution is 0.595. The molecule has 0 saturated carbocycles. The third-order valence-corrected chi connectivity index (χ3v) is 2.72. The molecule has 0 aliphatic rings. The Balaban J connectivity index is 1.94. The number of halogens is 1. The fraction of sp³-hybridized carbons (Fsp3) is 0.231. The lowest BCUT2D eigenvalue weighted by Crippen LogP contribution is -2.25. The molecule has 2 rings (SSSR count). The number of nitrogens with one attached hydrogen (secondary N) is 1. The minimum Gasteiger partial charge on any atom is -0.383 e. The van der Waals surface area contributed by atoms with Crippen molar-refractivity contribution in [3.63, 3.8) is 0 Å². The Morgan fingerprint density at radius 3 is 2.94 bits per heavy atom. The first-order valence-corrected chi connectivity index (χ1v) is 6.06. The second kappa shape index (κ2) is 5.69. The Morgan fingerprint density at radius 1 is 1.39 bits per heavy atom. The molecule has 0 unspecified atom stereocenters. The topological polar surface area (TPSA) is 46.9 Å². The van der Waals surface area contributed by atoms with Gasteiger partial charge in [0.15, 0.2) is 0 Å². The van der Waals surface area contributed by atoms with Gasteiger partial charge in [0.2, 0.25) is 0 Å². The summed E-state index contributed by atoms with van der Waals surface area (Å²) < 4.78 is 1.44. The first-order valence-electron chi connectivity index (χ1n) is 5.68. The Labute approximate surface area is 110 Å². The van der Waals surface area contributed by atoms with Gasteiger partial charge < -0.3 is 5.32 Å². The monoisotopic (exact) mass is 263 g/mol. The van der Waals surface area contributed by atoms with Gasteiger partial charge in [0.25, 0.3) is 5.56 Å². The Morgan fingerprint density at radius 2 is 2.22 bits per heavy atom. The van der Waals surface area contributed by atoms with Gasteiger partial charge in [-0.3, -0.25) is 4.79 Å². The summed E-state index contributed by atoms with van der Waals surface area (Å²) in [6.45, 7) is 2.99. The molecule has 0 spiro atoms. The first kappa shape index (κ1) is 12.6. The third-order valence-electron chi connectivity index (χ3n) is 2.48. The molecule has 0 radical (unpaired) electrons. The van der Waals surface area contributed by atoms with Crippen molar-refractivity contribution in [2.24, 2.45) is 0 Å². The highest BCUT2D eigenvalue weighted by molar-refractivity contribution is 6.30. The van der Waals surface area contributed by atoms with E-state index in [4.69, 9.17) is 11.6 Å². The van der Waals surface area contributed by atoms with E-state index < -0.39 is 0 Å². The maximum Gasteiger partial charge on any atom is 0.267 e. The summed E-state index contributed by atoms with van der Waals surface area (Å²) in [4.78, 5) is 11.6. The number of hydrogen-bond acceptors (Lipinski definition) is 3. The van der Waals surface area contributed by atoms with Crippen LogP contribution in [0.4, 0.5) is 5.69 Å². The van der Waals surface area contributed by atoms with Crippen LogP contribution in [0, 0.1) is 6.92 Å². The van der Waals surface area contributed by atoms with Crippen molar-refractivity contribution in [1.29, 1.82) is 0 Å². The predicted molar refractivity (Wildman–Crippen MR) is 73.2 cm³/mol. The molecule has 0 amide bonds. The van der Waals surface area contributed by atoms with E-state index in [0.717, 1.165) is 11.3 Å². The fourth-order valence-corrected chi connectivity index (χ4v) is 1.79. The summed E-state index contributed by atoms with van der Waals surface area (Å²) in [5.74, 6) is 0. The van der Waals surface area contributed by atoms with Gasteiger partial charge in [-0.25, -0.2) is 4.68 Å². The van der Waals surface area contributed by atoms with Crippen molar-refractivity contribution in [2.75, 3.05) is 11.9 Å². The van der Waals surface area contributed by atoms with Crippen molar-refractivity contribution in [2.45, 2.75) is 13.5 Å². The van der Waals surface area contributed by atoms with Crippen LogP contribution in [0.3, 0.4) is 0 Å². The smallest absolute Gasteiger partial charge is 0.267 e. The van der Waals surface area contributed by atoms with Gasteiger partial charge in [0.05, 0.1) is 12.7 Å². The average molecular weight is 264 g/mol. The second-order valence-corrected chi connectivity index (χ2v) is 4.47. The quantitative estimate of drug-likeness (QED) is 0.921. The molecule has 4 nitrogen and oxygen atoms in total. The molecule has 1 N–H and O–H groups in total. The highest BCUT2D eigenvalue weighted by Crippen LogP contribution is 2.14. The van der Waals surface area contributed by atoms with Crippen LogP contribution in [0.15, 0.2) is 41.3 Å². The second-order valence-electron chi connectivity index (χ2n) is 4.03. The predicted octanol–water partition coefficient (Wildman–Crippen LogP) is 2.32. The fourth-order valence-electron chi connectivity index (χ4n) is 1.60. The molecule has 2 aromatic rings. The van der Waals surface area contributed by atoms with Crippen molar-refractivity contribution < 1.29 is 0 Å². The molecule has 0 aliphatic carbocycles. The van der Waals surface area contributed by atoms with Crippen molar-refractivity contribution >= 4 is 17.3 Å². The van der Waals surface area contributed by atoms with E-state index in [1.165, 1.54) is 4.68 Å². The van der Waals surface area contributed by atoms with Gasteiger partial charge in [-0.1, -0.05) is 17.7 Å². The van der Waals surface area contributed by atoms with E-state index in [1.54, 1.807) is 12.3 Å². The van der Waals surface area contributed by atoms with E-state index in [1.807, 2.05) is 31.2 Å². The average Bonchev–Trinajstić information content (AvgIpc) is 2.32. The summed E-state index contributed by atoms with van der Waals surface area (Å²) >= 11 is 5.88. The maximum atomic E-state index is 11.6. The molecule has 18 heavy (non-hydrogen) atoms. The van der Waals surface area contributed by atoms with Crippen LogP contribution in [0.5, 0.6) is 0 Å². The van der Waals surface area contributed by atoms with E-state index in [2.05, 4.69) is 10.4 Å². The van der Waals surface area contributed by atoms with Crippen molar-refractivity contribution in [3.05, 3.63) is 57.5 Å². The zero-order valence-corrected chi connectivity index (χ0v) is 10.8. The third kappa shape index (κ3) is 3.34. The SMILES string of the molecule is Cc1cnn(CCNc2cccc(Cl)c2)c(=O)c1. The number of anilines is 1. The molecule has 0 aliphatic heterocycles. The van der Waals surface area contributed by atoms with Crippen LogP contribution in [0.2, 0.25) is 5.02 Å². The Hall–Kier alpha value is -1.81. The molecule has 94 valence electrons. The van der Waals surface area contributed by atoms with Crippen LogP contribution in [0.25, 0.3) is 0 Å². The Bertz CT molecular complexity index is 595. The van der Waals surface area contributed by atoms with E-state index in [0.29, 0.717) is 18.1 Å². The summed E-state index contributed by atoms with van der Waals surface area (Å²) in [7, 11) is 0. The lowest BCUT2D eigenvalue weighted by atomic mass is 10.3. The maximum absolute atomic E-state index is 11.6. The molecular formula is C13H14ClN3O. The molecule has 1 heterocycles. The molecule has 1 aromatic carbocycles. The molecule has 0 saturated heterocycles. The molecule has 0 atom stereocenters. The largest absolute Gasteiger partial charge is 0.383 e. The van der Waals surface area contributed by atoms with Crippen LogP contribution in [0.1, 0.15) is 5.56 Å². The normalized spacial score (nSPS) is 10.3. The zero-order chi connectivity index (χ0) is 13.0. The molecular weight excluding hydrogens is 250 g/mol. The highest BCUT2D eigenvalue weighted by atomic mass is 35.5. The Kier molecular flexibility index (Phi) is 3.99. The van der Waals surface area contributed by atoms with Crippen LogP contribution in [-0.4, -0.2) is 16.3 Å². The number of nitrogens with zero attached hydrogens (tertiary/aromatic N) is 2. The first-order chi connectivity index (χ1) is 8.65. The standard InChI is InChI=1S/C13H14ClN3O/c1-10-7-13(18)17(16-9-10)6-5-15-12-4-2-3-11(14)8-12/h2-4,7-9,15H,5-6H2,1H3. The summed E-state index contributed by atoms with van der Waals surface area (Å²) in [6, 6.07) is 9.04. The molecule has 1 aromatic heterocycles. The highest BCUT2D eigenvalue weighted by Gasteiger charge is 1.98. The van der Waals surface area contributed by atoms with Gasteiger partial charge in [-0.2, -0.15) is 5.10 Å². The van der Waals surface area contributed by atoms with E-state index in [9.17, 15) is 4.79 Å². The summed E-state index contributed by atoms with van der Waals surface area (Å²) in [5, 5.41) is 7.94. The van der Waals surface area contributed by atoms with Crippen molar-refractivity contribution in [3.8, 4) is 0 Å². The molecule has 0 bridgehead atoms. The minimum absolute atomic E-state index is 0.0807. The van der Waals surface area contributed by atoms with Gasteiger partial charge >= 0.3 is 0 Å². The number of aromatic nitrogens is 2. The molecule has 0 fully saturated rings. The van der Waals surface area contributed by atoms with E-state index in [-0.39, 0.29) is 5.56 Å². The van der Waals surface area contributed by atoms with Gasteiger partial charge in [0, 0.05) is 23.3 Å². The molecule has 5 heteroatoms. The lowest BCUT2D eigenvalue weighted by Gasteiger charge is -2.07. The van der Waals surface area contributed by atoms with Crippen molar-refractivity contribution in [1.82, 2.24) is 9.78 Å². The van der Waals surface area contributed by atoms with Gasteiger partial charge in [0.1, 0.15) is 0 Å². The van der Waals surface area contributed by atoms with Crippen LogP contribution in [-0.2, 0) is 6.54 Å². The zero-order valence-electron chi connectivity index (χ0n) is 10.1.